The SMILES string of the molecule is CC1(C)CN(c2ncc(Cl)cc2[N+](=O)[O-])CC(C)(C)O1. The van der Waals surface area contributed by atoms with Crippen LogP contribution >= 0.6 is 11.6 Å². The molecule has 0 bridgehead atoms. The van der Waals surface area contributed by atoms with Crippen molar-refractivity contribution in [2.24, 2.45) is 0 Å². The molecule has 1 aliphatic heterocycles. The Morgan fingerprint density at radius 3 is 2.40 bits per heavy atom. The minimum absolute atomic E-state index is 0.0778. The van der Waals surface area contributed by atoms with E-state index in [1.807, 2.05) is 32.6 Å². The summed E-state index contributed by atoms with van der Waals surface area (Å²) in [7, 11) is 0. The molecular formula is C13H18ClN3O3. The molecule has 0 aliphatic carbocycles. The summed E-state index contributed by atoms with van der Waals surface area (Å²) < 4.78 is 5.97. The Bertz CT molecular complexity index is 530. The van der Waals surface area contributed by atoms with Crippen molar-refractivity contribution in [3.8, 4) is 0 Å². The lowest BCUT2D eigenvalue weighted by molar-refractivity contribution is -0.384. The number of nitrogens with zero attached hydrogens (tertiary/aromatic N) is 3. The van der Waals surface area contributed by atoms with E-state index in [9.17, 15) is 10.1 Å². The number of halogens is 1. The van der Waals surface area contributed by atoms with Crippen molar-refractivity contribution in [2.75, 3.05) is 18.0 Å². The van der Waals surface area contributed by atoms with E-state index in [2.05, 4.69) is 4.98 Å². The van der Waals surface area contributed by atoms with Gasteiger partial charge in [-0.1, -0.05) is 11.6 Å². The maximum absolute atomic E-state index is 11.2. The monoisotopic (exact) mass is 299 g/mol. The van der Waals surface area contributed by atoms with Gasteiger partial charge in [-0.15, -0.1) is 0 Å². The van der Waals surface area contributed by atoms with Crippen molar-refractivity contribution >= 4 is 23.1 Å². The van der Waals surface area contributed by atoms with E-state index in [0.29, 0.717) is 18.9 Å². The van der Waals surface area contributed by atoms with Gasteiger partial charge in [0.25, 0.3) is 0 Å². The summed E-state index contributed by atoms with van der Waals surface area (Å²) >= 11 is 5.80. The van der Waals surface area contributed by atoms with E-state index < -0.39 is 16.1 Å². The maximum Gasteiger partial charge on any atom is 0.313 e. The molecule has 1 aromatic rings. The van der Waals surface area contributed by atoms with Gasteiger partial charge in [0.2, 0.25) is 5.82 Å². The molecule has 0 unspecified atom stereocenters. The van der Waals surface area contributed by atoms with E-state index in [0.717, 1.165) is 0 Å². The largest absolute Gasteiger partial charge is 0.366 e. The number of aromatic nitrogens is 1. The summed E-state index contributed by atoms with van der Waals surface area (Å²) in [5.74, 6) is 0.337. The van der Waals surface area contributed by atoms with Crippen LogP contribution in [0.1, 0.15) is 27.7 Å². The minimum atomic E-state index is -0.455. The zero-order valence-corrected chi connectivity index (χ0v) is 12.8. The van der Waals surface area contributed by atoms with Crippen LogP contribution in [0, 0.1) is 10.1 Å². The lowest BCUT2D eigenvalue weighted by atomic mass is 9.99. The Kier molecular flexibility index (Phi) is 3.64. The first-order valence-electron chi connectivity index (χ1n) is 6.35. The first-order valence-corrected chi connectivity index (χ1v) is 6.72. The number of ether oxygens (including phenoxy) is 1. The molecule has 7 heteroatoms. The fourth-order valence-electron chi connectivity index (χ4n) is 2.74. The second-order valence-corrected chi connectivity index (χ2v) is 6.67. The van der Waals surface area contributed by atoms with Gasteiger partial charge in [-0.25, -0.2) is 4.98 Å². The molecule has 0 aromatic carbocycles. The Balaban J connectivity index is 2.43. The summed E-state index contributed by atoms with van der Waals surface area (Å²) in [6.07, 6.45) is 1.43. The van der Waals surface area contributed by atoms with Crippen LogP contribution in [0.5, 0.6) is 0 Å². The maximum atomic E-state index is 11.2. The minimum Gasteiger partial charge on any atom is -0.366 e. The first kappa shape index (κ1) is 15.0. The predicted octanol–water partition coefficient (Wildman–Crippen LogP) is 3.04. The summed E-state index contributed by atoms with van der Waals surface area (Å²) in [6.45, 7) is 8.91. The van der Waals surface area contributed by atoms with Crippen LogP contribution in [-0.2, 0) is 4.74 Å². The lowest BCUT2D eigenvalue weighted by Crippen LogP contribution is -2.57. The molecule has 0 atom stereocenters. The molecule has 0 spiro atoms. The van der Waals surface area contributed by atoms with E-state index in [1.165, 1.54) is 12.3 Å². The highest BCUT2D eigenvalue weighted by Crippen LogP contribution is 2.35. The quantitative estimate of drug-likeness (QED) is 0.620. The van der Waals surface area contributed by atoms with Gasteiger partial charge in [-0.05, 0) is 27.7 Å². The molecule has 0 amide bonds. The van der Waals surface area contributed by atoms with Crippen LogP contribution < -0.4 is 4.90 Å². The van der Waals surface area contributed by atoms with Gasteiger partial charge in [0.1, 0.15) is 0 Å². The molecule has 1 saturated heterocycles. The normalized spacial score (nSPS) is 20.8. The fraction of sp³-hybridized carbons (Fsp3) is 0.615. The van der Waals surface area contributed by atoms with E-state index in [-0.39, 0.29) is 10.7 Å². The number of rotatable bonds is 2. The molecule has 0 N–H and O–H groups in total. The van der Waals surface area contributed by atoms with Gasteiger partial charge in [0.05, 0.1) is 21.1 Å². The number of pyridine rings is 1. The summed E-state index contributed by atoms with van der Waals surface area (Å²) in [6, 6.07) is 1.33. The molecule has 110 valence electrons. The highest BCUT2D eigenvalue weighted by Gasteiger charge is 2.40. The molecule has 2 rings (SSSR count). The van der Waals surface area contributed by atoms with Crippen LogP contribution in [-0.4, -0.2) is 34.2 Å². The summed E-state index contributed by atoms with van der Waals surface area (Å²) in [4.78, 5) is 16.8. The van der Waals surface area contributed by atoms with Crippen molar-refractivity contribution in [3.63, 3.8) is 0 Å². The van der Waals surface area contributed by atoms with Crippen molar-refractivity contribution in [3.05, 3.63) is 27.4 Å². The lowest BCUT2D eigenvalue weighted by Gasteiger charge is -2.47. The molecular weight excluding hydrogens is 282 g/mol. The van der Waals surface area contributed by atoms with Gasteiger partial charge >= 0.3 is 5.69 Å². The Morgan fingerprint density at radius 2 is 1.90 bits per heavy atom. The van der Waals surface area contributed by atoms with E-state index >= 15 is 0 Å². The Morgan fingerprint density at radius 1 is 1.35 bits per heavy atom. The van der Waals surface area contributed by atoms with Crippen molar-refractivity contribution in [1.82, 2.24) is 4.98 Å². The second-order valence-electron chi connectivity index (χ2n) is 6.23. The molecule has 0 radical (unpaired) electrons. The molecule has 0 saturated carbocycles. The smallest absolute Gasteiger partial charge is 0.313 e. The number of nitro groups is 1. The predicted molar refractivity (Wildman–Crippen MR) is 77.4 cm³/mol. The number of morpholine rings is 1. The summed E-state index contributed by atoms with van der Waals surface area (Å²) in [5, 5.41) is 11.4. The average Bonchev–Trinajstić information content (AvgIpc) is 2.24. The van der Waals surface area contributed by atoms with Crippen LogP contribution in [0.4, 0.5) is 11.5 Å². The second kappa shape index (κ2) is 4.86. The Hall–Kier alpha value is -1.40. The van der Waals surface area contributed by atoms with E-state index in [1.54, 1.807) is 0 Å². The molecule has 6 nitrogen and oxygen atoms in total. The number of hydrogen-bond donors (Lipinski definition) is 0. The van der Waals surface area contributed by atoms with Gasteiger partial charge in [0, 0.05) is 25.4 Å². The van der Waals surface area contributed by atoms with Gasteiger partial charge in [-0.3, -0.25) is 10.1 Å². The van der Waals surface area contributed by atoms with Gasteiger partial charge in [0.15, 0.2) is 0 Å². The van der Waals surface area contributed by atoms with Crippen LogP contribution in [0.3, 0.4) is 0 Å². The molecule has 1 aromatic heterocycles. The van der Waals surface area contributed by atoms with Crippen LogP contribution in [0.25, 0.3) is 0 Å². The fourth-order valence-corrected chi connectivity index (χ4v) is 2.89. The first-order chi connectivity index (χ1) is 9.10. The standard InChI is InChI=1S/C13H18ClN3O3/c1-12(2)7-16(8-13(3,4)20-12)11-10(17(18)19)5-9(14)6-15-11/h5-6H,7-8H2,1-4H3. The van der Waals surface area contributed by atoms with Crippen LogP contribution in [0.15, 0.2) is 12.3 Å². The third kappa shape index (κ3) is 3.19. The van der Waals surface area contributed by atoms with E-state index in [4.69, 9.17) is 16.3 Å². The Labute approximate surface area is 122 Å². The zero-order valence-electron chi connectivity index (χ0n) is 12.0. The topological polar surface area (TPSA) is 68.5 Å². The van der Waals surface area contributed by atoms with Gasteiger partial charge < -0.3 is 9.64 Å². The average molecular weight is 300 g/mol. The van der Waals surface area contributed by atoms with Crippen molar-refractivity contribution < 1.29 is 9.66 Å². The molecule has 1 aliphatic rings. The molecule has 20 heavy (non-hydrogen) atoms. The van der Waals surface area contributed by atoms with Gasteiger partial charge in [-0.2, -0.15) is 0 Å². The molecule has 1 fully saturated rings. The van der Waals surface area contributed by atoms with Crippen molar-refractivity contribution in [1.29, 1.82) is 0 Å². The third-order valence-corrected chi connectivity index (χ3v) is 3.21. The number of anilines is 1. The summed E-state index contributed by atoms with van der Waals surface area (Å²) in [5.41, 5.74) is -0.889. The highest BCUT2D eigenvalue weighted by atomic mass is 35.5. The zero-order chi connectivity index (χ0) is 15.1. The third-order valence-electron chi connectivity index (χ3n) is 3.01. The highest BCUT2D eigenvalue weighted by molar-refractivity contribution is 6.30. The van der Waals surface area contributed by atoms with Crippen molar-refractivity contribution in [2.45, 2.75) is 38.9 Å². The number of hydrogen-bond acceptors (Lipinski definition) is 5. The van der Waals surface area contributed by atoms with Crippen LogP contribution in [0.2, 0.25) is 5.02 Å². The molecule has 2 heterocycles.